The number of aliphatic hydroxyl groups is 2. The van der Waals surface area contributed by atoms with E-state index in [4.69, 9.17) is 5.11 Å². The van der Waals surface area contributed by atoms with Gasteiger partial charge in [-0.1, -0.05) is 96.8 Å². The lowest BCUT2D eigenvalue weighted by Gasteiger charge is -2.17. The monoisotopic (exact) mass is 314 g/mol. The van der Waals surface area contributed by atoms with E-state index in [2.05, 4.69) is 6.92 Å². The number of rotatable bonds is 17. The molecule has 1 unspecified atom stereocenters. The molecule has 132 valence electrons. The van der Waals surface area contributed by atoms with Crippen LogP contribution in [0.3, 0.4) is 0 Å². The van der Waals surface area contributed by atoms with E-state index in [1.807, 2.05) is 0 Å². The fraction of sp³-hybridized carbons (Fsp3) is 0.947. The maximum absolute atomic E-state index is 10.6. The third-order valence-corrected chi connectivity index (χ3v) is 4.46. The van der Waals surface area contributed by atoms with Crippen LogP contribution >= 0.6 is 0 Å². The summed E-state index contributed by atoms with van der Waals surface area (Å²) in [5.41, 5.74) is -1.50. The molecule has 2 N–H and O–H groups in total. The van der Waals surface area contributed by atoms with Crippen molar-refractivity contribution in [3.8, 4) is 0 Å². The Morgan fingerprint density at radius 1 is 0.727 bits per heavy atom. The van der Waals surface area contributed by atoms with Crippen molar-refractivity contribution in [1.29, 1.82) is 0 Å². The number of carbonyl (C=O) groups excluding carboxylic acids is 1. The van der Waals surface area contributed by atoms with E-state index in [1.165, 1.54) is 70.6 Å². The molecular weight excluding hydrogens is 276 g/mol. The minimum Gasteiger partial charge on any atom is -0.393 e. The summed E-state index contributed by atoms with van der Waals surface area (Å²) in [6.45, 7) is 1.80. The molecule has 0 aromatic carbocycles. The standard InChI is InChI=1S/C19H38O3/c1-2-3-4-5-6-7-8-9-10-11-12-13-14-15-16-19(22,17-20)18-21/h17,21-22H,2-16,18H2,1H3. The van der Waals surface area contributed by atoms with Crippen LogP contribution in [-0.4, -0.2) is 28.7 Å². The lowest BCUT2D eigenvalue weighted by molar-refractivity contribution is -0.128. The van der Waals surface area contributed by atoms with E-state index < -0.39 is 12.2 Å². The lowest BCUT2D eigenvalue weighted by atomic mass is 9.98. The van der Waals surface area contributed by atoms with Crippen LogP contribution in [-0.2, 0) is 4.79 Å². The Kier molecular flexibility index (Phi) is 15.2. The van der Waals surface area contributed by atoms with Crippen LogP contribution in [0, 0.1) is 0 Å². The molecule has 0 heterocycles. The molecule has 22 heavy (non-hydrogen) atoms. The minimum atomic E-state index is -1.50. The zero-order valence-corrected chi connectivity index (χ0v) is 14.7. The van der Waals surface area contributed by atoms with E-state index in [0.29, 0.717) is 12.7 Å². The van der Waals surface area contributed by atoms with Crippen LogP contribution in [0.1, 0.15) is 103 Å². The van der Waals surface area contributed by atoms with Crippen LogP contribution in [0.4, 0.5) is 0 Å². The van der Waals surface area contributed by atoms with E-state index in [1.54, 1.807) is 0 Å². The van der Waals surface area contributed by atoms with Gasteiger partial charge in [-0.05, 0) is 6.42 Å². The third kappa shape index (κ3) is 13.3. The van der Waals surface area contributed by atoms with Gasteiger partial charge in [0, 0.05) is 0 Å². The average Bonchev–Trinajstić information content (AvgIpc) is 2.55. The second kappa shape index (κ2) is 15.5. The van der Waals surface area contributed by atoms with Crippen molar-refractivity contribution in [2.24, 2.45) is 0 Å². The smallest absolute Gasteiger partial charge is 0.153 e. The predicted octanol–water partition coefficient (Wildman–Crippen LogP) is 4.78. The highest BCUT2D eigenvalue weighted by Crippen LogP contribution is 2.15. The Labute approximate surface area is 137 Å². The molecular formula is C19H38O3. The van der Waals surface area contributed by atoms with Crippen molar-refractivity contribution in [3.05, 3.63) is 0 Å². The van der Waals surface area contributed by atoms with Gasteiger partial charge >= 0.3 is 0 Å². The molecule has 0 spiro atoms. The molecule has 0 aliphatic heterocycles. The molecule has 0 radical (unpaired) electrons. The fourth-order valence-corrected chi connectivity index (χ4v) is 2.80. The highest BCUT2D eigenvalue weighted by atomic mass is 16.3. The quantitative estimate of drug-likeness (QED) is 0.300. The summed E-state index contributed by atoms with van der Waals surface area (Å²) in [5.74, 6) is 0. The van der Waals surface area contributed by atoms with Gasteiger partial charge in [0.05, 0.1) is 6.61 Å². The van der Waals surface area contributed by atoms with Crippen molar-refractivity contribution in [1.82, 2.24) is 0 Å². The molecule has 0 fully saturated rings. The molecule has 3 nitrogen and oxygen atoms in total. The Hall–Kier alpha value is -0.410. The number of unbranched alkanes of at least 4 members (excludes halogenated alkanes) is 13. The van der Waals surface area contributed by atoms with Crippen molar-refractivity contribution in [2.45, 2.75) is 109 Å². The average molecular weight is 315 g/mol. The van der Waals surface area contributed by atoms with Gasteiger partial charge in [-0.25, -0.2) is 0 Å². The molecule has 0 aliphatic rings. The highest BCUT2D eigenvalue weighted by molar-refractivity contribution is 5.62. The number of aliphatic hydroxyl groups excluding tert-OH is 1. The maximum atomic E-state index is 10.6. The predicted molar refractivity (Wildman–Crippen MR) is 93.0 cm³/mol. The Balaban J connectivity index is 3.16. The Bertz CT molecular complexity index is 243. The van der Waals surface area contributed by atoms with Crippen LogP contribution in [0.5, 0.6) is 0 Å². The molecule has 0 aromatic rings. The fourth-order valence-electron chi connectivity index (χ4n) is 2.80. The van der Waals surface area contributed by atoms with Gasteiger partial charge in [0.2, 0.25) is 0 Å². The van der Waals surface area contributed by atoms with Crippen molar-refractivity contribution < 1.29 is 15.0 Å². The van der Waals surface area contributed by atoms with Gasteiger partial charge in [-0.15, -0.1) is 0 Å². The summed E-state index contributed by atoms with van der Waals surface area (Å²) in [6, 6.07) is 0. The van der Waals surface area contributed by atoms with Crippen LogP contribution < -0.4 is 0 Å². The zero-order chi connectivity index (χ0) is 16.5. The number of carbonyl (C=O) groups is 1. The van der Waals surface area contributed by atoms with Crippen molar-refractivity contribution >= 4 is 6.29 Å². The Morgan fingerprint density at radius 3 is 1.41 bits per heavy atom. The van der Waals surface area contributed by atoms with Crippen LogP contribution in [0.25, 0.3) is 0 Å². The number of hydrogen-bond donors (Lipinski definition) is 2. The third-order valence-electron chi connectivity index (χ3n) is 4.46. The van der Waals surface area contributed by atoms with Crippen molar-refractivity contribution in [2.75, 3.05) is 6.61 Å². The summed E-state index contributed by atoms with van der Waals surface area (Å²) in [4.78, 5) is 10.6. The summed E-state index contributed by atoms with van der Waals surface area (Å²) in [5, 5.41) is 18.5. The van der Waals surface area contributed by atoms with E-state index in [0.717, 1.165) is 19.3 Å². The normalized spacial score (nSPS) is 14.0. The molecule has 0 saturated heterocycles. The topological polar surface area (TPSA) is 57.5 Å². The molecule has 0 amide bonds. The van der Waals surface area contributed by atoms with E-state index >= 15 is 0 Å². The lowest BCUT2D eigenvalue weighted by Crippen LogP contribution is -2.34. The Morgan fingerprint density at radius 2 is 1.09 bits per heavy atom. The number of hydrogen-bond acceptors (Lipinski definition) is 3. The van der Waals surface area contributed by atoms with Gasteiger partial charge in [0.15, 0.2) is 6.29 Å². The molecule has 0 bridgehead atoms. The first-order valence-corrected chi connectivity index (χ1v) is 9.48. The summed E-state index contributed by atoms with van der Waals surface area (Å²) in [6.07, 6.45) is 18.8. The van der Waals surface area contributed by atoms with Gasteiger partial charge in [0.1, 0.15) is 5.60 Å². The first kappa shape index (κ1) is 21.6. The largest absolute Gasteiger partial charge is 0.393 e. The van der Waals surface area contributed by atoms with Crippen LogP contribution in [0.2, 0.25) is 0 Å². The second-order valence-corrected chi connectivity index (χ2v) is 6.73. The maximum Gasteiger partial charge on any atom is 0.153 e. The second-order valence-electron chi connectivity index (χ2n) is 6.73. The first-order chi connectivity index (χ1) is 10.7. The zero-order valence-electron chi connectivity index (χ0n) is 14.7. The van der Waals surface area contributed by atoms with Gasteiger partial charge in [-0.3, -0.25) is 0 Å². The summed E-state index contributed by atoms with van der Waals surface area (Å²) in [7, 11) is 0. The molecule has 1 atom stereocenters. The van der Waals surface area contributed by atoms with Crippen LogP contribution in [0.15, 0.2) is 0 Å². The van der Waals surface area contributed by atoms with E-state index in [-0.39, 0.29) is 0 Å². The van der Waals surface area contributed by atoms with Gasteiger partial charge in [-0.2, -0.15) is 0 Å². The first-order valence-electron chi connectivity index (χ1n) is 9.48. The van der Waals surface area contributed by atoms with Gasteiger partial charge in [0.25, 0.3) is 0 Å². The minimum absolute atomic E-state index is 0.380. The summed E-state index contributed by atoms with van der Waals surface area (Å²) >= 11 is 0. The summed E-state index contributed by atoms with van der Waals surface area (Å²) < 4.78 is 0. The number of aldehydes is 1. The molecule has 0 rings (SSSR count). The van der Waals surface area contributed by atoms with E-state index in [9.17, 15) is 9.90 Å². The SMILES string of the molecule is CCCCCCCCCCCCCCCCC(O)(C=O)CO. The highest BCUT2D eigenvalue weighted by Gasteiger charge is 2.23. The molecule has 0 saturated carbocycles. The molecule has 0 aliphatic carbocycles. The van der Waals surface area contributed by atoms with Gasteiger partial charge < -0.3 is 15.0 Å². The van der Waals surface area contributed by atoms with Crippen molar-refractivity contribution in [3.63, 3.8) is 0 Å². The molecule has 0 aromatic heterocycles. The molecule has 3 heteroatoms.